The minimum Gasteiger partial charge on any atom is -0.383 e. The highest BCUT2D eigenvalue weighted by Crippen LogP contribution is 2.20. The van der Waals surface area contributed by atoms with Gasteiger partial charge in [-0.05, 0) is 13.0 Å². The van der Waals surface area contributed by atoms with Crippen molar-refractivity contribution in [1.29, 1.82) is 0 Å². The Hall–Kier alpha value is -1.29. The molecule has 0 fully saturated rings. The summed E-state index contributed by atoms with van der Waals surface area (Å²) in [5.74, 6) is 0.589. The van der Waals surface area contributed by atoms with Gasteiger partial charge in [-0.1, -0.05) is 0 Å². The molecule has 2 aromatic rings. The van der Waals surface area contributed by atoms with Crippen molar-refractivity contribution in [2.45, 2.75) is 13.5 Å². The van der Waals surface area contributed by atoms with Crippen molar-refractivity contribution in [3.05, 3.63) is 18.5 Å². The van der Waals surface area contributed by atoms with Crippen molar-refractivity contribution in [3.8, 4) is 0 Å². The van der Waals surface area contributed by atoms with Gasteiger partial charge in [-0.15, -0.1) is 11.6 Å². The molecule has 2 aromatic heterocycles. The maximum Gasteiger partial charge on any atom is 0.159 e. The highest BCUT2D eigenvalue weighted by molar-refractivity contribution is 6.18. The summed E-state index contributed by atoms with van der Waals surface area (Å²) in [5, 5.41) is 8.56. The second kappa shape index (κ2) is 4.49. The number of hydrogen-bond acceptors (Lipinski definition) is 3. The monoisotopic (exact) mass is 224 g/mol. The lowest BCUT2D eigenvalue weighted by Gasteiger charge is -2.05. The third-order valence-corrected chi connectivity index (χ3v) is 2.44. The van der Waals surface area contributed by atoms with Gasteiger partial charge in [-0.2, -0.15) is 5.10 Å². The number of nitrogens with one attached hydrogen (secondary N) is 1. The van der Waals surface area contributed by atoms with Gasteiger partial charge in [0.15, 0.2) is 5.65 Å². The average Bonchev–Trinajstić information content (AvgIpc) is 2.69. The molecular formula is C10H13ClN4. The molecule has 2 rings (SSSR count). The Morgan fingerprint density at radius 3 is 3.13 bits per heavy atom. The van der Waals surface area contributed by atoms with Gasteiger partial charge in [0.1, 0.15) is 0 Å². The van der Waals surface area contributed by atoms with Crippen LogP contribution in [0.2, 0.25) is 0 Å². The maximum absolute atomic E-state index is 5.64. The van der Waals surface area contributed by atoms with Crippen molar-refractivity contribution in [2.24, 2.45) is 0 Å². The van der Waals surface area contributed by atoms with Gasteiger partial charge >= 0.3 is 0 Å². The zero-order valence-corrected chi connectivity index (χ0v) is 9.33. The summed E-state index contributed by atoms with van der Waals surface area (Å²) in [6, 6.07) is 1.94. The van der Waals surface area contributed by atoms with E-state index in [1.807, 2.05) is 23.9 Å². The molecule has 1 N–H and O–H groups in total. The van der Waals surface area contributed by atoms with Crippen LogP contribution in [-0.4, -0.2) is 27.2 Å². The highest BCUT2D eigenvalue weighted by Gasteiger charge is 2.06. The largest absolute Gasteiger partial charge is 0.383 e. The summed E-state index contributed by atoms with van der Waals surface area (Å²) in [5.41, 5.74) is 1.96. The Morgan fingerprint density at radius 2 is 2.40 bits per heavy atom. The van der Waals surface area contributed by atoms with Crippen LogP contribution in [0.4, 0.5) is 5.69 Å². The Balaban J connectivity index is 2.42. The molecule has 0 aliphatic carbocycles. The molecule has 0 unspecified atom stereocenters. The average molecular weight is 225 g/mol. The van der Waals surface area contributed by atoms with Crippen LogP contribution in [-0.2, 0) is 6.54 Å². The summed E-state index contributed by atoms with van der Waals surface area (Å²) in [6.45, 7) is 3.63. The third kappa shape index (κ3) is 1.90. The molecule has 0 saturated heterocycles. The third-order valence-electron chi connectivity index (χ3n) is 2.25. The predicted molar refractivity (Wildman–Crippen MR) is 62.4 cm³/mol. The summed E-state index contributed by atoms with van der Waals surface area (Å²) >= 11 is 5.64. The second-order valence-corrected chi connectivity index (χ2v) is 3.55. The first-order valence-corrected chi connectivity index (χ1v) is 5.50. The molecule has 15 heavy (non-hydrogen) atoms. The van der Waals surface area contributed by atoms with Crippen molar-refractivity contribution in [3.63, 3.8) is 0 Å². The topological polar surface area (TPSA) is 42.7 Å². The van der Waals surface area contributed by atoms with Crippen molar-refractivity contribution in [2.75, 3.05) is 17.7 Å². The Morgan fingerprint density at radius 1 is 1.53 bits per heavy atom. The molecule has 4 nitrogen and oxygen atoms in total. The van der Waals surface area contributed by atoms with E-state index in [9.17, 15) is 0 Å². The number of aromatic nitrogens is 3. The van der Waals surface area contributed by atoms with Crippen LogP contribution in [0.3, 0.4) is 0 Å². The highest BCUT2D eigenvalue weighted by atomic mass is 35.5. The van der Waals surface area contributed by atoms with E-state index in [0.29, 0.717) is 5.88 Å². The van der Waals surface area contributed by atoms with Crippen LogP contribution in [0.1, 0.15) is 6.92 Å². The Kier molecular flexibility index (Phi) is 3.06. The van der Waals surface area contributed by atoms with Gasteiger partial charge in [-0.25, -0.2) is 9.67 Å². The van der Waals surface area contributed by atoms with E-state index in [-0.39, 0.29) is 0 Å². The van der Waals surface area contributed by atoms with E-state index in [1.54, 1.807) is 6.20 Å². The van der Waals surface area contributed by atoms with Gasteiger partial charge in [-0.3, -0.25) is 0 Å². The summed E-state index contributed by atoms with van der Waals surface area (Å²) < 4.78 is 1.88. The first-order valence-electron chi connectivity index (χ1n) is 4.97. The number of alkyl halides is 1. The van der Waals surface area contributed by atoms with Gasteiger partial charge in [0.2, 0.25) is 0 Å². The van der Waals surface area contributed by atoms with Gasteiger partial charge in [0.25, 0.3) is 0 Å². The lowest BCUT2D eigenvalue weighted by atomic mass is 10.3. The molecule has 0 aliphatic rings. The number of halogens is 1. The fourth-order valence-corrected chi connectivity index (χ4v) is 1.64. The molecule has 5 heteroatoms. The molecule has 0 spiro atoms. The number of anilines is 1. The molecule has 0 saturated carbocycles. The Labute approximate surface area is 93.3 Å². The van der Waals surface area contributed by atoms with Crippen molar-refractivity contribution in [1.82, 2.24) is 14.8 Å². The molecule has 0 aliphatic heterocycles. The molecule has 2 heterocycles. The normalized spacial score (nSPS) is 10.8. The summed E-state index contributed by atoms with van der Waals surface area (Å²) in [6.07, 6.45) is 3.62. The summed E-state index contributed by atoms with van der Waals surface area (Å²) in [7, 11) is 0. The molecule has 0 atom stereocenters. The number of aryl methyl sites for hydroxylation is 1. The number of fused-ring (bicyclic) bond motifs is 1. The number of hydrogen-bond donors (Lipinski definition) is 1. The van der Waals surface area contributed by atoms with E-state index in [4.69, 9.17) is 11.6 Å². The minimum atomic E-state index is 0.589. The van der Waals surface area contributed by atoms with E-state index in [1.165, 1.54) is 0 Å². The van der Waals surface area contributed by atoms with Gasteiger partial charge < -0.3 is 5.32 Å². The standard InChI is InChI=1S/C10H13ClN4/c1-2-15-10-8(7-14-15)9(3-5-13-10)12-6-4-11/h3,5,7H,2,4,6H2,1H3,(H,12,13). The first-order chi connectivity index (χ1) is 7.36. The van der Waals surface area contributed by atoms with E-state index >= 15 is 0 Å². The number of nitrogens with zero attached hydrogens (tertiary/aromatic N) is 3. The van der Waals surface area contributed by atoms with E-state index in [0.717, 1.165) is 29.8 Å². The van der Waals surface area contributed by atoms with Crippen LogP contribution in [0, 0.1) is 0 Å². The van der Waals surface area contributed by atoms with Crippen molar-refractivity contribution < 1.29 is 0 Å². The predicted octanol–water partition coefficient (Wildman–Crippen LogP) is 2.10. The molecule has 0 radical (unpaired) electrons. The Bertz CT molecular complexity index is 452. The molecule has 0 bridgehead atoms. The van der Waals surface area contributed by atoms with E-state index in [2.05, 4.69) is 15.4 Å². The number of rotatable bonds is 4. The molecule has 0 aromatic carbocycles. The maximum atomic E-state index is 5.64. The fourth-order valence-electron chi connectivity index (χ4n) is 1.54. The number of pyridine rings is 1. The SMILES string of the molecule is CCn1ncc2c(NCCCl)ccnc21. The van der Waals surface area contributed by atoms with Crippen LogP contribution < -0.4 is 5.32 Å². The van der Waals surface area contributed by atoms with Crippen LogP contribution in [0.25, 0.3) is 11.0 Å². The smallest absolute Gasteiger partial charge is 0.159 e. The van der Waals surface area contributed by atoms with Crippen molar-refractivity contribution >= 4 is 28.3 Å². The zero-order chi connectivity index (χ0) is 10.7. The lowest BCUT2D eigenvalue weighted by molar-refractivity contribution is 0.677. The van der Waals surface area contributed by atoms with E-state index < -0.39 is 0 Å². The molecular weight excluding hydrogens is 212 g/mol. The quantitative estimate of drug-likeness (QED) is 0.809. The minimum absolute atomic E-state index is 0.589. The second-order valence-electron chi connectivity index (χ2n) is 3.17. The van der Waals surface area contributed by atoms with Crippen LogP contribution in [0.5, 0.6) is 0 Å². The fraction of sp³-hybridized carbons (Fsp3) is 0.400. The van der Waals surface area contributed by atoms with Crippen LogP contribution >= 0.6 is 11.6 Å². The molecule has 0 amide bonds. The first kappa shape index (κ1) is 10.2. The zero-order valence-electron chi connectivity index (χ0n) is 8.57. The molecule has 80 valence electrons. The van der Waals surface area contributed by atoms with Gasteiger partial charge in [0, 0.05) is 30.9 Å². The van der Waals surface area contributed by atoms with Crippen LogP contribution in [0.15, 0.2) is 18.5 Å². The lowest BCUT2D eigenvalue weighted by Crippen LogP contribution is -2.03. The summed E-state index contributed by atoms with van der Waals surface area (Å²) in [4.78, 5) is 4.31. The van der Waals surface area contributed by atoms with Gasteiger partial charge in [0.05, 0.1) is 11.6 Å².